The van der Waals surface area contributed by atoms with Gasteiger partial charge < -0.3 is 25.0 Å². The molecule has 2 atom stereocenters. The number of ether oxygens (including phenoxy) is 2. The zero-order valence-corrected chi connectivity index (χ0v) is 22.0. The number of carbonyl (C=O) groups is 1. The van der Waals surface area contributed by atoms with E-state index in [4.69, 9.17) is 14.5 Å². The summed E-state index contributed by atoms with van der Waals surface area (Å²) in [6, 6.07) is 8.98. The highest BCUT2D eigenvalue weighted by atomic mass is 127. The molecule has 0 aliphatic carbocycles. The summed E-state index contributed by atoms with van der Waals surface area (Å²) in [5.41, 5.74) is 2.51. The number of rotatable bonds is 6. The Hall–Kier alpha value is -1.55. The number of nitrogens with zero attached hydrogens (tertiary/aromatic N) is 2. The molecule has 0 bridgehead atoms. The standard InChI is InChI=1S/C24H38N4O3.HI/c1-4-25-23(27-21-12-14-28(15-13-21)24(29)30-5-2)26-17-20-7-6-16-31-22(20)19-10-8-18(3)9-11-19;/h8-11,20-22H,4-7,12-17H2,1-3H3,(H2,25,26,27);1H. The molecule has 2 saturated heterocycles. The lowest BCUT2D eigenvalue weighted by Gasteiger charge is -2.33. The van der Waals surface area contributed by atoms with Gasteiger partial charge in [0.2, 0.25) is 0 Å². The van der Waals surface area contributed by atoms with Crippen molar-refractivity contribution in [1.29, 1.82) is 0 Å². The molecule has 0 aromatic heterocycles. The van der Waals surface area contributed by atoms with Crippen LogP contribution in [-0.4, -0.2) is 62.4 Å². The van der Waals surface area contributed by atoms with E-state index in [1.807, 2.05) is 6.92 Å². The number of hydrogen-bond acceptors (Lipinski definition) is 4. The van der Waals surface area contributed by atoms with Crippen molar-refractivity contribution in [3.8, 4) is 0 Å². The van der Waals surface area contributed by atoms with E-state index in [1.165, 1.54) is 11.1 Å². The molecule has 8 heteroatoms. The lowest BCUT2D eigenvalue weighted by molar-refractivity contribution is -0.0250. The maximum Gasteiger partial charge on any atom is 0.409 e. The van der Waals surface area contributed by atoms with Crippen molar-refractivity contribution in [2.45, 2.75) is 58.6 Å². The number of piperidine rings is 1. The van der Waals surface area contributed by atoms with E-state index < -0.39 is 0 Å². The van der Waals surface area contributed by atoms with Gasteiger partial charge in [-0.3, -0.25) is 4.99 Å². The summed E-state index contributed by atoms with van der Waals surface area (Å²) in [5, 5.41) is 6.95. The molecule has 32 heavy (non-hydrogen) atoms. The van der Waals surface area contributed by atoms with Crippen LogP contribution < -0.4 is 10.6 Å². The normalized spacial score (nSPS) is 22.1. The van der Waals surface area contributed by atoms with Gasteiger partial charge in [-0.15, -0.1) is 24.0 Å². The van der Waals surface area contributed by atoms with Crippen LogP contribution in [0, 0.1) is 12.8 Å². The SMILES string of the molecule is CCNC(=NCC1CCCOC1c1ccc(C)cc1)NC1CCN(C(=O)OCC)CC1.I. The second-order valence-corrected chi connectivity index (χ2v) is 8.43. The number of carbonyl (C=O) groups excluding carboxylic acids is 1. The highest BCUT2D eigenvalue weighted by Gasteiger charge is 2.28. The van der Waals surface area contributed by atoms with Crippen LogP contribution in [0.5, 0.6) is 0 Å². The summed E-state index contributed by atoms with van der Waals surface area (Å²) < 4.78 is 11.3. The fourth-order valence-corrected chi connectivity index (χ4v) is 4.30. The first-order chi connectivity index (χ1) is 15.1. The second kappa shape index (κ2) is 13.9. The molecule has 0 radical (unpaired) electrons. The third-order valence-corrected chi connectivity index (χ3v) is 6.04. The van der Waals surface area contributed by atoms with Gasteiger partial charge in [0.25, 0.3) is 0 Å². The van der Waals surface area contributed by atoms with Crippen molar-refractivity contribution in [2.75, 3.05) is 39.4 Å². The molecule has 2 heterocycles. The van der Waals surface area contributed by atoms with E-state index in [0.29, 0.717) is 31.7 Å². The molecule has 180 valence electrons. The third-order valence-electron chi connectivity index (χ3n) is 6.04. The Kier molecular flexibility index (Phi) is 11.6. The van der Waals surface area contributed by atoms with Gasteiger partial charge in [-0.1, -0.05) is 29.8 Å². The average Bonchev–Trinajstić information content (AvgIpc) is 2.79. The minimum absolute atomic E-state index is 0. The fourth-order valence-electron chi connectivity index (χ4n) is 4.30. The van der Waals surface area contributed by atoms with Gasteiger partial charge in [-0.05, 0) is 52.0 Å². The van der Waals surface area contributed by atoms with Gasteiger partial charge in [0, 0.05) is 44.7 Å². The topological polar surface area (TPSA) is 75.2 Å². The van der Waals surface area contributed by atoms with Crippen LogP contribution in [0.2, 0.25) is 0 Å². The van der Waals surface area contributed by atoms with Crippen molar-refractivity contribution in [2.24, 2.45) is 10.9 Å². The van der Waals surface area contributed by atoms with Crippen LogP contribution in [0.4, 0.5) is 4.79 Å². The van der Waals surface area contributed by atoms with E-state index >= 15 is 0 Å². The first-order valence-corrected chi connectivity index (χ1v) is 11.8. The van der Waals surface area contributed by atoms with E-state index in [1.54, 1.807) is 4.90 Å². The number of guanidine groups is 1. The first kappa shape index (κ1) is 26.7. The third kappa shape index (κ3) is 7.79. The minimum Gasteiger partial charge on any atom is -0.450 e. The summed E-state index contributed by atoms with van der Waals surface area (Å²) in [5.74, 6) is 1.22. The predicted molar refractivity (Wildman–Crippen MR) is 139 cm³/mol. The molecule has 2 aliphatic rings. The Morgan fingerprint density at radius 3 is 2.56 bits per heavy atom. The molecule has 1 aromatic carbocycles. The Morgan fingerprint density at radius 2 is 1.91 bits per heavy atom. The van der Waals surface area contributed by atoms with Crippen molar-refractivity contribution >= 4 is 36.0 Å². The zero-order chi connectivity index (χ0) is 22.1. The number of aryl methyl sites for hydroxylation is 1. The molecule has 3 rings (SSSR count). The van der Waals surface area contributed by atoms with Crippen LogP contribution in [0.15, 0.2) is 29.3 Å². The average molecular weight is 559 g/mol. The van der Waals surface area contributed by atoms with Crippen molar-refractivity contribution < 1.29 is 14.3 Å². The monoisotopic (exact) mass is 558 g/mol. The molecule has 1 aromatic rings. The maximum absolute atomic E-state index is 11.9. The van der Waals surface area contributed by atoms with Crippen LogP contribution in [0.25, 0.3) is 0 Å². The predicted octanol–water partition coefficient (Wildman–Crippen LogP) is 4.26. The van der Waals surface area contributed by atoms with Crippen LogP contribution >= 0.6 is 24.0 Å². The lowest BCUT2D eigenvalue weighted by Crippen LogP contribution is -2.50. The molecule has 2 aliphatic heterocycles. The molecule has 7 nitrogen and oxygen atoms in total. The zero-order valence-electron chi connectivity index (χ0n) is 19.6. The van der Waals surface area contributed by atoms with Crippen molar-refractivity contribution in [3.05, 3.63) is 35.4 Å². The van der Waals surface area contributed by atoms with Crippen LogP contribution in [0.1, 0.15) is 56.8 Å². The summed E-state index contributed by atoms with van der Waals surface area (Å²) >= 11 is 0. The van der Waals surface area contributed by atoms with Gasteiger partial charge in [0.05, 0.1) is 12.7 Å². The van der Waals surface area contributed by atoms with E-state index in [-0.39, 0.29) is 36.2 Å². The van der Waals surface area contributed by atoms with Crippen molar-refractivity contribution in [1.82, 2.24) is 15.5 Å². The summed E-state index contributed by atoms with van der Waals surface area (Å²) in [7, 11) is 0. The number of likely N-dealkylation sites (tertiary alicyclic amines) is 1. The van der Waals surface area contributed by atoms with Crippen molar-refractivity contribution in [3.63, 3.8) is 0 Å². The van der Waals surface area contributed by atoms with Gasteiger partial charge in [-0.25, -0.2) is 4.79 Å². The Balaban J connectivity index is 0.00000363. The number of nitrogens with one attached hydrogen (secondary N) is 2. The van der Waals surface area contributed by atoms with Gasteiger partial charge >= 0.3 is 6.09 Å². The molecule has 2 fully saturated rings. The minimum atomic E-state index is -0.207. The Bertz CT molecular complexity index is 720. The number of halogens is 1. The van der Waals surface area contributed by atoms with Crippen LogP contribution in [0.3, 0.4) is 0 Å². The van der Waals surface area contributed by atoms with E-state index in [0.717, 1.165) is 51.3 Å². The largest absolute Gasteiger partial charge is 0.450 e. The smallest absolute Gasteiger partial charge is 0.409 e. The molecule has 0 saturated carbocycles. The van der Waals surface area contributed by atoms with E-state index in [9.17, 15) is 4.79 Å². The summed E-state index contributed by atoms with van der Waals surface area (Å²) in [6.45, 7) is 10.2. The quantitative estimate of drug-likeness (QED) is 0.310. The van der Waals surface area contributed by atoms with Gasteiger partial charge in [0.15, 0.2) is 5.96 Å². The van der Waals surface area contributed by atoms with Gasteiger partial charge in [-0.2, -0.15) is 0 Å². The molecule has 0 spiro atoms. The summed E-state index contributed by atoms with van der Waals surface area (Å²) in [4.78, 5) is 18.6. The highest BCUT2D eigenvalue weighted by molar-refractivity contribution is 14.0. The molecular weight excluding hydrogens is 519 g/mol. The molecule has 2 N–H and O–H groups in total. The number of benzene rings is 1. The second-order valence-electron chi connectivity index (χ2n) is 8.43. The number of aliphatic imine (C=N–C) groups is 1. The molecule has 1 amide bonds. The lowest BCUT2D eigenvalue weighted by atomic mass is 9.89. The maximum atomic E-state index is 11.9. The molecular formula is C24H39IN4O3. The van der Waals surface area contributed by atoms with Crippen LogP contribution in [-0.2, 0) is 9.47 Å². The fraction of sp³-hybridized carbons (Fsp3) is 0.667. The number of amides is 1. The number of hydrogen-bond donors (Lipinski definition) is 2. The Morgan fingerprint density at radius 1 is 1.19 bits per heavy atom. The Labute approximate surface area is 209 Å². The highest BCUT2D eigenvalue weighted by Crippen LogP contribution is 2.34. The van der Waals surface area contributed by atoms with E-state index in [2.05, 4.69) is 48.7 Å². The molecule has 2 unspecified atom stereocenters. The summed E-state index contributed by atoms with van der Waals surface area (Å²) in [6.07, 6.45) is 3.89. The first-order valence-electron chi connectivity index (χ1n) is 11.8. The van der Waals surface area contributed by atoms with Gasteiger partial charge in [0.1, 0.15) is 0 Å².